The molecule has 2 rings (SSSR count). The Kier molecular flexibility index (Phi) is 4.88. The molecule has 1 aliphatic heterocycles. The maximum absolute atomic E-state index is 12.5. The van der Waals surface area contributed by atoms with E-state index in [4.69, 9.17) is 9.52 Å². The molecule has 0 aromatic carbocycles. The van der Waals surface area contributed by atoms with E-state index in [2.05, 4.69) is 0 Å². The third kappa shape index (κ3) is 4.00. The molecule has 1 aromatic heterocycles. The van der Waals surface area contributed by atoms with Crippen molar-refractivity contribution in [1.29, 1.82) is 0 Å². The van der Waals surface area contributed by atoms with Crippen molar-refractivity contribution in [1.82, 2.24) is 9.80 Å². The number of piperidine rings is 1. The van der Waals surface area contributed by atoms with Gasteiger partial charge in [-0.25, -0.2) is 4.79 Å². The largest absolute Gasteiger partial charge is 0.481 e. The fraction of sp³-hybridized carbons (Fsp3) is 0.600. The third-order valence-corrected chi connectivity index (χ3v) is 3.80. The van der Waals surface area contributed by atoms with Gasteiger partial charge in [0.05, 0.1) is 13.0 Å². The van der Waals surface area contributed by atoms with Gasteiger partial charge in [0.1, 0.15) is 11.5 Å². The Morgan fingerprint density at radius 2 is 2.19 bits per heavy atom. The molecule has 6 nitrogen and oxygen atoms in total. The lowest BCUT2D eigenvalue weighted by molar-refractivity contribution is -0.138. The number of aryl methyl sites for hydroxylation is 1. The molecule has 2 heterocycles. The molecule has 1 aromatic rings. The molecule has 1 unspecified atom stereocenters. The summed E-state index contributed by atoms with van der Waals surface area (Å²) in [5, 5.41) is 8.98. The van der Waals surface area contributed by atoms with E-state index in [1.165, 1.54) is 0 Å². The van der Waals surface area contributed by atoms with Gasteiger partial charge in [0.15, 0.2) is 0 Å². The van der Waals surface area contributed by atoms with Crippen LogP contribution in [0.2, 0.25) is 0 Å². The minimum Gasteiger partial charge on any atom is -0.481 e. The van der Waals surface area contributed by atoms with Gasteiger partial charge in [-0.1, -0.05) is 0 Å². The number of amides is 2. The summed E-state index contributed by atoms with van der Waals surface area (Å²) in [7, 11) is 1.71. The minimum absolute atomic E-state index is 0.0133. The smallest absolute Gasteiger partial charge is 0.320 e. The maximum Gasteiger partial charge on any atom is 0.320 e. The highest BCUT2D eigenvalue weighted by atomic mass is 16.4. The summed E-state index contributed by atoms with van der Waals surface area (Å²) >= 11 is 0. The summed E-state index contributed by atoms with van der Waals surface area (Å²) in [6.45, 7) is 2.88. The van der Waals surface area contributed by atoms with Crippen molar-refractivity contribution in [2.75, 3.05) is 13.6 Å². The number of likely N-dealkylation sites (tertiary alicyclic amines) is 1. The molecular formula is C15H22N2O4. The van der Waals surface area contributed by atoms with Crippen LogP contribution >= 0.6 is 0 Å². The number of nitrogens with zero attached hydrogens (tertiary/aromatic N) is 2. The highest BCUT2D eigenvalue weighted by Crippen LogP contribution is 2.21. The lowest BCUT2D eigenvalue weighted by Gasteiger charge is -2.37. The van der Waals surface area contributed by atoms with E-state index >= 15 is 0 Å². The first-order valence-electron chi connectivity index (χ1n) is 7.26. The number of carboxylic acids is 1. The van der Waals surface area contributed by atoms with E-state index < -0.39 is 5.97 Å². The number of carbonyl (C=O) groups is 2. The topological polar surface area (TPSA) is 74.0 Å². The van der Waals surface area contributed by atoms with Gasteiger partial charge >= 0.3 is 12.0 Å². The second-order valence-electron chi connectivity index (χ2n) is 5.59. The van der Waals surface area contributed by atoms with E-state index in [0.717, 1.165) is 30.8 Å². The second-order valence-corrected chi connectivity index (χ2v) is 5.59. The van der Waals surface area contributed by atoms with Gasteiger partial charge in [0, 0.05) is 19.6 Å². The molecule has 1 fully saturated rings. The summed E-state index contributed by atoms with van der Waals surface area (Å²) < 4.78 is 5.48. The Labute approximate surface area is 124 Å². The van der Waals surface area contributed by atoms with Crippen molar-refractivity contribution in [2.24, 2.45) is 0 Å². The predicted molar refractivity (Wildman–Crippen MR) is 76.9 cm³/mol. The fourth-order valence-electron chi connectivity index (χ4n) is 2.76. The summed E-state index contributed by atoms with van der Waals surface area (Å²) in [6, 6.07) is 3.38. The van der Waals surface area contributed by atoms with Crippen molar-refractivity contribution < 1.29 is 19.1 Å². The Bertz CT molecular complexity index is 512. The van der Waals surface area contributed by atoms with Gasteiger partial charge < -0.3 is 19.3 Å². The number of carboxylic acid groups (broad SMARTS) is 1. The molecule has 116 valence electrons. The Balaban J connectivity index is 2.00. The summed E-state index contributed by atoms with van der Waals surface area (Å²) in [6.07, 6.45) is 2.67. The van der Waals surface area contributed by atoms with Gasteiger partial charge in [-0.05, 0) is 38.3 Å². The summed E-state index contributed by atoms with van der Waals surface area (Å²) in [5.41, 5.74) is 0. The molecule has 1 aliphatic rings. The molecule has 21 heavy (non-hydrogen) atoms. The Morgan fingerprint density at radius 1 is 1.43 bits per heavy atom. The maximum atomic E-state index is 12.5. The molecular weight excluding hydrogens is 272 g/mol. The average molecular weight is 294 g/mol. The van der Waals surface area contributed by atoms with Crippen LogP contribution in [0.4, 0.5) is 4.79 Å². The average Bonchev–Trinajstić information content (AvgIpc) is 2.83. The number of hydrogen-bond donors (Lipinski definition) is 1. The van der Waals surface area contributed by atoms with Crippen molar-refractivity contribution >= 4 is 12.0 Å². The third-order valence-electron chi connectivity index (χ3n) is 3.80. The van der Waals surface area contributed by atoms with Gasteiger partial charge in [0.25, 0.3) is 0 Å². The van der Waals surface area contributed by atoms with Gasteiger partial charge in [-0.2, -0.15) is 0 Å². The molecule has 6 heteroatoms. The lowest BCUT2D eigenvalue weighted by atomic mass is 10.00. The number of hydrogen-bond acceptors (Lipinski definition) is 3. The van der Waals surface area contributed by atoms with Crippen LogP contribution in [0.5, 0.6) is 0 Å². The molecule has 0 aliphatic carbocycles. The van der Waals surface area contributed by atoms with Crippen LogP contribution < -0.4 is 0 Å². The van der Waals surface area contributed by atoms with Crippen molar-refractivity contribution in [3.8, 4) is 0 Å². The van der Waals surface area contributed by atoms with E-state index in [9.17, 15) is 9.59 Å². The van der Waals surface area contributed by atoms with Crippen LogP contribution in [0.1, 0.15) is 37.2 Å². The van der Waals surface area contributed by atoms with Crippen molar-refractivity contribution in [2.45, 2.75) is 45.2 Å². The SMILES string of the molecule is Cc1ccc(CN(C)C(=O)N2CCCCC2CC(=O)O)o1. The van der Waals surface area contributed by atoms with E-state index in [0.29, 0.717) is 13.1 Å². The molecule has 1 atom stereocenters. The molecule has 0 saturated carbocycles. The van der Waals surface area contributed by atoms with E-state index in [1.807, 2.05) is 19.1 Å². The number of furan rings is 1. The number of urea groups is 1. The second kappa shape index (κ2) is 6.65. The number of rotatable bonds is 4. The zero-order valence-electron chi connectivity index (χ0n) is 12.5. The lowest BCUT2D eigenvalue weighted by Crippen LogP contribution is -2.49. The Hall–Kier alpha value is -1.98. The van der Waals surface area contributed by atoms with Gasteiger partial charge in [-0.15, -0.1) is 0 Å². The monoisotopic (exact) mass is 294 g/mol. The standard InChI is InChI=1S/C15H22N2O4/c1-11-6-7-13(21-11)10-16(2)15(20)17-8-4-3-5-12(17)9-14(18)19/h6-7,12H,3-5,8-10H2,1-2H3,(H,18,19). The van der Waals surface area contributed by atoms with E-state index in [-0.39, 0.29) is 18.5 Å². The van der Waals surface area contributed by atoms with Crippen LogP contribution in [-0.2, 0) is 11.3 Å². The van der Waals surface area contributed by atoms with Gasteiger partial charge in [-0.3, -0.25) is 4.79 Å². The summed E-state index contributed by atoms with van der Waals surface area (Å²) in [4.78, 5) is 26.7. The van der Waals surface area contributed by atoms with Crippen LogP contribution in [0, 0.1) is 6.92 Å². The van der Waals surface area contributed by atoms with Crippen molar-refractivity contribution in [3.63, 3.8) is 0 Å². The van der Waals surface area contributed by atoms with Crippen LogP contribution in [0.3, 0.4) is 0 Å². The van der Waals surface area contributed by atoms with Crippen LogP contribution in [-0.4, -0.2) is 46.5 Å². The molecule has 0 bridgehead atoms. The quantitative estimate of drug-likeness (QED) is 0.925. The summed E-state index contributed by atoms with van der Waals surface area (Å²) in [5.74, 6) is 0.687. The molecule has 1 saturated heterocycles. The normalized spacial score (nSPS) is 18.6. The molecule has 0 spiro atoms. The fourth-order valence-corrected chi connectivity index (χ4v) is 2.76. The first-order chi connectivity index (χ1) is 9.97. The molecule has 1 N–H and O–H groups in total. The first-order valence-corrected chi connectivity index (χ1v) is 7.26. The molecule has 0 radical (unpaired) electrons. The number of aliphatic carboxylic acids is 1. The van der Waals surface area contributed by atoms with Crippen LogP contribution in [0.15, 0.2) is 16.5 Å². The number of carbonyl (C=O) groups excluding carboxylic acids is 1. The Morgan fingerprint density at radius 3 is 2.81 bits per heavy atom. The van der Waals surface area contributed by atoms with Crippen molar-refractivity contribution in [3.05, 3.63) is 23.7 Å². The highest BCUT2D eigenvalue weighted by Gasteiger charge is 2.30. The molecule has 2 amide bonds. The zero-order valence-corrected chi connectivity index (χ0v) is 12.5. The van der Waals surface area contributed by atoms with E-state index in [1.54, 1.807) is 16.8 Å². The first kappa shape index (κ1) is 15.4. The zero-order chi connectivity index (χ0) is 15.4. The van der Waals surface area contributed by atoms with Crippen LogP contribution in [0.25, 0.3) is 0 Å². The predicted octanol–water partition coefficient (Wildman–Crippen LogP) is 2.47. The van der Waals surface area contributed by atoms with Gasteiger partial charge in [0.2, 0.25) is 0 Å². The highest BCUT2D eigenvalue weighted by molar-refractivity contribution is 5.76. The minimum atomic E-state index is -0.857.